The summed E-state index contributed by atoms with van der Waals surface area (Å²) in [5.41, 5.74) is 1.07. The van der Waals surface area contributed by atoms with Crippen molar-refractivity contribution in [2.75, 3.05) is 36.4 Å². The lowest BCUT2D eigenvalue weighted by Crippen LogP contribution is -2.50. The summed E-state index contributed by atoms with van der Waals surface area (Å²) < 4.78 is 1.77. The zero-order valence-corrected chi connectivity index (χ0v) is 12.3. The van der Waals surface area contributed by atoms with Crippen molar-refractivity contribution in [2.24, 2.45) is 7.05 Å². The van der Waals surface area contributed by atoms with Gasteiger partial charge in [-0.1, -0.05) is 0 Å². The van der Waals surface area contributed by atoms with Gasteiger partial charge < -0.3 is 14.9 Å². The molecule has 8 nitrogen and oxygen atoms in total. The second-order valence-electron chi connectivity index (χ2n) is 5.18. The minimum absolute atomic E-state index is 0.0723. The van der Waals surface area contributed by atoms with Gasteiger partial charge in [-0.2, -0.15) is 5.10 Å². The van der Waals surface area contributed by atoms with Crippen molar-refractivity contribution in [1.82, 2.24) is 19.7 Å². The van der Waals surface area contributed by atoms with E-state index in [0.717, 1.165) is 18.8 Å². The number of urea groups is 1. The number of carbonyl (C=O) groups excluding carboxylic acids is 1. The number of piperazine rings is 1. The fourth-order valence-electron chi connectivity index (χ4n) is 2.39. The Morgan fingerprint density at radius 3 is 2.59 bits per heavy atom. The Morgan fingerprint density at radius 1 is 1.23 bits per heavy atom. The van der Waals surface area contributed by atoms with Crippen molar-refractivity contribution < 1.29 is 9.90 Å². The number of nitrogens with one attached hydrogen (secondary N) is 1. The summed E-state index contributed by atoms with van der Waals surface area (Å²) in [6.45, 7) is 2.81. The van der Waals surface area contributed by atoms with E-state index in [0.29, 0.717) is 18.9 Å². The first kappa shape index (κ1) is 14.2. The van der Waals surface area contributed by atoms with Gasteiger partial charge in [-0.15, -0.1) is 0 Å². The Bertz CT molecular complexity index is 646. The van der Waals surface area contributed by atoms with Gasteiger partial charge in [0.05, 0.1) is 18.1 Å². The largest absolute Gasteiger partial charge is 0.506 e. The van der Waals surface area contributed by atoms with Crippen LogP contribution in [0, 0.1) is 0 Å². The van der Waals surface area contributed by atoms with Crippen molar-refractivity contribution in [2.45, 2.75) is 0 Å². The highest BCUT2D eigenvalue weighted by Crippen LogP contribution is 2.16. The number of hydrogen-bond acceptors (Lipinski definition) is 5. The van der Waals surface area contributed by atoms with Gasteiger partial charge in [0.15, 0.2) is 0 Å². The molecular weight excluding hydrogens is 284 g/mol. The van der Waals surface area contributed by atoms with E-state index >= 15 is 0 Å². The Morgan fingerprint density at radius 2 is 2.00 bits per heavy atom. The second-order valence-corrected chi connectivity index (χ2v) is 5.18. The predicted molar refractivity (Wildman–Crippen MR) is 81.9 cm³/mol. The zero-order valence-electron chi connectivity index (χ0n) is 12.3. The molecule has 2 aromatic heterocycles. The Balaban J connectivity index is 1.54. The molecular formula is C14H18N6O2. The summed E-state index contributed by atoms with van der Waals surface area (Å²) in [4.78, 5) is 20.1. The topological polar surface area (TPSA) is 86.5 Å². The van der Waals surface area contributed by atoms with Crippen LogP contribution in [-0.4, -0.2) is 57.0 Å². The number of pyridine rings is 1. The third kappa shape index (κ3) is 3.11. The molecule has 0 unspecified atom stereocenters. The van der Waals surface area contributed by atoms with Gasteiger partial charge in [0.1, 0.15) is 11.6 Å². The highest BCUT2D eigenvalue weighted by Gasteiger charge is 2.22. The van der Waals surface area contributed by atoms with Crippen LogP contribution in [0.1, 0.15) is 0 Å². The SMILES string of the molecule is Cn1cc(N2CCN(C(=O)Nc3ccc(O)cn3)CC2)cn1. The van der Waals surface area contributed by atoms with Crippen molar-refractivity contribution in [1.29, 1.82) is 0 Å². The lowest BCUT2D eigenvalue weighted by Gasteiger charge is -2.35. The zero-order chi connectivity index (χ0) is 15.5. The van der Waals surface area contributed by atoms with E-state index in [-0.39, 0.29) is 11.8 Å². The summed E-state index contributed by atoms with van der Waals surface area (Å²) in [7, 11) is 1.89. The third-order valence-corrected chi connectivity index (χ3v) is 3.61. The van der Waals surface area contributed by atoms with E-state index in [2.05, 4.69) is 20.3 Å². The van der Waals surface area contributed by atoms with E-state index in [1.807, 2.05) is 19.4 Å². The van der Waals surface area contributed by atoms with Gasteiger partial charge >= 0.3 is 6.03 Å². The Kier molecular flexibility index (Phi) is 3.82. The number of aromatic hydroxyl groups is 1. The molecule has 1 fully saturated rings. The monoisotopic (exact) mass is 302 g/mol. The normalized spacial score (nSPS) is 15.0. The maximum absolute atomic E-state index is 12.2. The fourth-order valence-corrected chi connectivity index (χ4v) is 2.39. The van der Waals surface area contributed by atoms with Crippen LogP contribution in [0.15, 0.2) is 30.7 Å². The fraction of sp³-hybridized carbons (Fsp3) is 0.357. The van der Waals surface area contributed by atoms with Crippen LogP contribution in [0.25, 0.3) is 0 Å². The maximum atomic E-state index is 12.2. The minimum Gasteiger partial charge on any atom is -0.506 e. The molecule has 1 aliphatic rings. The molecule has 2 N–H and O–H groups in total. The molecule has 0 atom stereocenters. The van der Waals surface area contributed by atoms with Crippen LogP contribution in [0.3, 0.4) is 0 Å². The van der Waals surface area contributed by atoms with Crippen molar-refractivity contribution in [3.63, 3.8) is 0 Å². The van der Waals surface area contributed by atoms with Gasteiger partial charge in [0.25, 0.3) is 0 Å². The smallest absolute Gasteiger partial charge is 0.323 e. The van der Waals surface area contributed by atoms with E-state index in [4.69, 9.17) is 0 Å². The van der Waals surface area contributed by atoms with Crippen molar-refractivity contribution in [3.8, 4) is 5.75 Å². The van der Waals surface area contributed by atoms with Crippen LogP contribution in [0.2, 0.25) is 0 Å². The number of hydrogen-bond donors (Lipinski definition) is 2. The average Bonchev–Trinajstić information content (AvgIpc) is 2.96. The Hall–Kier alpha value is -2.77. The first-order valence-electron chi connectivity index (χ1n) is 7.06. The molecule has 22 heavy (non-hydrogen) atoms. The van der Waals surface area contributed by atoms with Gasteiger partial charge in [-0.3, -0.25) is 10.00 Å². The summed E-state index contributed by atoms with van der Waals surface area (Å²) in [6.07, 6.45) is 5.10. The highest BCUT2D eigenvalue weighted by molar-refractivity contribution is 5.88. The molecule has 1 aliphatic heterocycles. The molecule has 0 bridgehead atoms. The molecule has 0 aromatic carbocycles. The van der Waals surface area contributed by atoms with Gasteiger partial charge in [0.2, 0.25) is 0 Å². The van der Waals surface area contributed by atoms with Crippen LogP contribution < -0.4 is 10.2 Å². The quantitative estimate of drug-likeness (QED) is 0.860. The first-order chi connectivity index (χ1) is 10.6. The summed E-state index contributed by atoms with van der Waals surface area (Å²) >= 11 is 0. The first-order valence-corrected chi connectivity index (χ1v) is 7.06. The van der Waals surface area contributed by atoms with Crippen LogP contribution >= 0.6 is 0 Å². The van der Waals surface area contributed by atoms with E-state index in [9.17, 15) is 9.90 Å². The molecule has 3 heterocycles. The lowest BCUT2D eigenvalue weighted by molar-refractivity contribution is 0.208. The molecule has 116 valence electrons. The molecule has 3 rings (SSSR count). The highest BCUT2D eigenvalue weighted by atomic mass is 16.3. The molecule has 0 saturated carbocycles. The van der Waals surface area contributed by atoms with Crippen molar-refractivity contribution in [3.05, 3.63) is 30.7 Å². The summed E-state index contributed by atoms with van der Waals surface area (Å²) in [5.74, 6) is 0.501. The van der Waals surface area contributed by atoms with E-state index in [1.54, 1.807) is 15.6 Å². The average molecular weight is 302 g/mol. The number of carbonyl (C=O) groups is 1. The van der Waals surface area contributed by atoms with Crippen LogP contribution in [0.4, 0.5) is 16.3 Å². The Labute approximate surface area is 128 Å². The van der Waals surface area contributed by atoms with Gasteiger partial charge in [-0.05, 0) is 12.1 Å². The van der Waals surface area contributed by atoms with Crippen molar-refractivity contribution >= 4 is 17.5 Å². The molecule has 1 saturated heterocycles. The third-order valence-electron chi connectivity index (χ3n) is 3.61. The molecule has 0 spiro atoms. The number of aromatic nitrogens is 3. The standard InChI is InChI=1S/C14H18N6O2/c1-18-10-11(8-16-18)19-4-6-20(7-5-19)14(22)17-13-3-2-12(21)9-15-13/h2-3,8-10,21H,4-7H2,1H3,(H,15,17,22). The molecule has 0 radical (unpaired) electrons. The van der Waals surface area contributed by atoms with Crippen LogP contribution in [-0.2, 0) is 7.05 Å². The molecule has 2 amide bonds. The molecule has 0 aliphatic carbocycles. The molecule has 2 aromatic rings. The maximum Gasteiger partial charge on any atom is 0.323 e. The van der Waals surface area contributed by atoms with Gasteiger partial charge in [0, 0.05) is 39.4 Å². The summed E-state index contributed by atoms with van der Waals surface area (Å²) in [6, 6.07) is 2.88. The number of amides is 2. The number of nitrogens with zero attached hydrogens (tertiary/aromatic N) is 5. The number of aryl methyl sites for hydroxylation is 1. The van der Waals surface area contributed by atoms with E-state index in [1.165, 1.54) is 12.3 Å². The van der Waals surface area contributed by atoms with Gasteiger partial charge in [-0.25, -0.2) is 9.78 Å². The second kappa shape index (κ2) is 5.92. The van der Waals surface area contributed by atoms with Crippen LogP contribution in [0.5, 0.6) is 5.75 Å². The predicted octanol–water partition coefficient (Wildman–Crippen LogP) is 0.875. The minimum atomic E-state index is -0.177. The number of anilines is 2. The lowest BCUT2D eigenvalue weighted by atomic mass is 10.3. The summed E-state index contributed by atoms with van der Waals surface area (Å²) in [5, 5.41) is 16.1. The van der Waals surface area contributed by atoms with E-state index < -0.39 is 0 Å². The number of rotatable bonds is 2. The molecule has 8 heteroatoms.